The second kappa shape index (κ2) is 4.88. The van der Waals surface area contributed by atoms with Crippen LogP contribution in [-0.4, -0.2) is 20.5 Å². The van der Waals surface area contributed by atoms with Gasteiger partial charge in [-0.25, -0.2) is 0 Å². The van der Waals surface area contributed by atoms with E-state index in [1.165, 1.54) is 24.3 Å². The van der Waals surface area contributed by atoms with Crippen LogP contribution in [0.1, 0.15) is 11.5 Å². The molecule has 0 radical (unpaired) electrons. The molecule has 1 aromatic heterocycles. The van der Waals surface area contributed by atoms with Gasteiger partial charge in [-0.2, -0.15) is 18.2 Å². The predicted molar refractivity (Wildman–Crippen MR) is 58.9 cm³/mol. The van der Waals surface area contributed by atoms with Gasteiger partial charge in [0.15, 0.2) is 5.17 Å². The first kappa shape index (κ1) is 13.3. The Hall–Kier alpha value is -2.09. The molecule has 9 heteroatoms. The molecular weight excluding hydrogens is 287 g/mol. The maximum absolute atomic E-state index is 12.3. The summed E-state index contributed by atoms with van der Waals surface area (Å²) < 4.78 is 40.9. The Kier molecular flexibility index (Phi) is 3.43. The maximum atomic E-state index is 12.3. The lowest BCUT2D eigenvalue weighted by molar-refractivity contribution is -0.159. The van der Waals surface area contributed by atoms with E-state index in [4.69, 9.17) is 16.8 Å². The van der Waals surface area contributed by atoms with Gasteiger partial charge in [0, 0.05) is 11.1 Å². The maximum Gasteiger partial charge on any atom is 0.471 e. The quantitative estimate of drug-likeness (QED) is 0.524. The number of oxime groups is 1. The van der Waals surface area contributed by atoms with E-state index in [0.29, 0.717) is 11.1 Å². The molecule has 0 saturated heterocycles. The molecule has 100 valence electrons. The highest BCUT2D eigenvalue weighted by atomic mass is 35.5. The van der Waals surface area contributed by atoms with Crippen LogP contribution in [0.15, 0.2) is 33.9 Å². The Bertz CT molecular complexity index is 607. The third kappa shape index (κ3) is 2.84. The fourth-order valence-electron chi connectivity index (χ4n) is 1.27. The van der Waals surface area contributed by atoms with Crippen molar-refractivity contribution >= 4 is 16.8 Å². The lowest BCUT2D eigenvalue weighted by Crippen LogP contribution is -2.04. The number of alkyl halides is 3. The standard InChI is InChI=1S/C10H5ClF3N3O2/c11-7(16-18)5-1-3-6(4-2-5)8-15-9(19-17-8)10(12,13)14/h1-4,18H/b16-7-. The topological polar surface area (TPSA) is 71.5 Å². The summed E-state index contributed by atoms with van der Waals surface area (Å²) in [7, 11) is 0. The van der Waals surface area contributed by atoms with Crippen LogP contribution in [-0.2, 0) is 6.18 Å². The molecule has 0 atom stereocenters. The van der Waals surface area contributed by atoms with Gasteiger partial charge < -0.3 is 9.73 Å². The molecular formula is C10H5ClF3N3O2. The van der Waals surface area contributed by atoms with Crippen LogP contribution in [0, 0.1) is 0 Å². The van der Waals surface area contributed by atoms with Crippen LogP contribution in [0.4, 0.5) is 13.2 Å². The minimum Gasteiger partial charge on any atom is -0.410 e. The zero-order valence-corrected chi connectivity index (χ0v) is 9.77. The molecule has 2 aromatic rings. The van der Waals surface area contributed by atoms with Crippen molar-refractivity contribution in [2.75, 3.05) is 0 Å². The first-order chi connectivity index (χ1) is 8.91. The molecule has 0 fully saturated rings. The minimum absolute atomic E-state index is 0.143. The summed E-state index contributed by atoms with van der Waals surface area (Å²) in [5.41, 5.74) is 0.706. The molecule has 1 aromatic carbocycles. The molecule has 19 heavy (non-hydrogen) atoms. The molecule has 5 nitrogen and oxygen atoms in total. The van der Waals surface area contributed by atoms with E-state index in [2.05, 4.69) is 19.8 Å². The summed E-state index contributed by atoms with van der Waals surface area (Å²) in [4.78, 5) is 3.23. The van der Waals surface area contributed by atoms with E-state index in [-0.39, 0.29) is 11.0 Å². The Morgan fingerprint density at radius 2 is 1.89 bits per heavy atom. The van der Waals surface area contributed by atoms with Crippen LogP contribution >= 0.6 is 11.6 Å². The van der Waals surface area contributed by atoms with Gasteiger partial charge in [-0.15, -0.1) is 0 Å². The van der Waals surface area contributed by atoms with E-state index in [1.54, 1.807) is 0 Å². The zero-order chi connectivity index (χ0) is 14.0. The van der Waals surface area contributed by atoms with Crippen LogP contribution in [0.3, 0.4) is 0 Å². The monoisotopic (exact) mass is 291 g/mol. The van der Waals surface area contributed by atoms with Crippen molar-refractivity contribution < 1.29 is 22.9 Å². The van der Waals surface area contributed by atoms with Gasteiger partial charge >= 0.3 is 12.1 Å². The highest BCUT2D eigenvalue weighted by Gasteiger charge is 2.38. The largest absolute Gasteiger partial charge is 0.471 e. The van der Waals surface area contributed by atoms with Crippen LogP contribution < -0.4 is 0 Å². The van der Waals surface area contributed by atoms with Gasteiger partial charge in [0.25, 0.3) is 0 Å². The number of halogens is 4. The fraction of sp³-hybridized carbons (Fsp3) is 0.100. The molecule has 1 N–H and O–H groups in total. The molecule has 2 rings (SSSR count). The average Bonchev–Trinajstić information content (AvgIpc) is 2.87. The zero-order valence-electron chi connectivity index (χ0n) is 9.02. The van der Waals surface area contributed by atoms with Gasteiger partial charge in [0.05, 0.1) is 0 Å². The summed E-state index contributed by atoms with van der Waals surface area (Å²) in [6, 6.07) is 5.74. The van der Waals surface area contributed by atoms with Gasteiger partial charge in [0.1, 0.15) is 0 Å². The van der Waals surface area contributed by atoms with Crippen molar-refractivity contribution in [3.05, 3.63) is 35.7 Å². The van der Waals surface area contributed by atoms with Gasteiger partial charge in [-0.1, -0.05) is 46.2 Å². The first-order valence-corrected chi connectivity index (χ1v) is 5.19. The van der Waals surface area contributed by atoms with Crippen molar-refractivity contribution in [2.45, 2.75) is 6.18 Å². The fourth-order valence-corrected chi connectivity index (χ4v) is 1.40. The summed E-state index contributed by atoms with van der Waals surface area (Å²) in [5.74, 6) is -1.61. The molecule has 0 saturated carbocycles. The van der Waals surface area contributed by atoms with Crippen molar-refractivity contribution in [3.63, 3.8) is 0 Å². The minimum atomic E-state index is -4.68. The van der Waals surface area contributed by atoms with E-state index >= 15 is 0 Å². The lowest BCUT2D eigenvalue weighted by Gasteiger charge is -1.98. The smallest absolute Gasteiger partial charge is 0.410 e. The van der Waals surface area contributed by atoms with Crippen LogP contribution in [0.25, 0.3) is 11.4 Å². The number of hydrogen-bond donors (Lipinski definition) is 1. The highest BCUT2D eigenvalue weighted by molar-refractivity contribution is 6.69. The van der Waals surface area contributed by atoms with E-state index < -0.39 is 12.1 Å². The second-order valence-electron chi connectivity index (χ2n) is 3.39. The normalized spacial score (nSPS) is 12.7. The van der Waals surface area contributed by atoms with Gasteiger partial charge in [-0.3, -0.25) is 0 Å². The average molecular weight is 292 g/mol. The van der Waals surface area contributed by atoms with Crippen molar-refractivity contribution in [3.8, 4) is 11.4 Å². The number of nitrogens with zero attached hydrogens (tertiary/aromatic N) is 3. The number of rotatable bonds is 2. The number of aromatic nitrogens is 2. The summed E-state index contributed by atoms with van der Waals surface area (Å²) in [5, 5.41) is 14.3. The molecule has 1 heterocycles. The van der Waals surface area contributed by atoms with Crippen LogP contribution in [0.2, 0.25) is 0 Å². The van der Waals surface area contributed by atoms with Gasteiger partial charge in [-0.05, 0) is 0 Å². The Morgan fingerprint density at radius 3 is 2.37 bits per heavy atom. The second-order valence-corrected chi connectivity index (χ2v) is 3.75. The molecule has 0 aliphatic heterocycles. The summed E-state index contributed by atoms with van der Waals surface area (Å²) >= 11 is 5.55. The van der Waals surface area contributed by atoms with Crippen molar-refractivity contribution in [2.24, 2.45) is 5.16 Å². The Balaban J connectivity index is 2.30. The molecule has 0 amide bonds. The summed E-state index contributed by atoms with van der Waals surface area (Å²) in [6.07, 6.45) is -4.68. The number of benzene rings is 1. The molecule has 0 aliphatic rings. The number of hydrogen-bond acceptors (Lipinski definition) is 5. The van der Waals surface area contributed by atoms with Crippen LogP contribution in [0.5, 0.6) is 0 Å². The first-order valence-electron chi connectivity index (χ1n) is 4.81. The molecule has 0 unspecified atom stereocenters. The SMILES string of the molecule is O/N=C(\Cl)c1ccc(-c2noc(C(F)(F)F)n2)cc1. The molecule has 0 aliphatic carbocycles. The third-order valence-corrected chi connectivity index (χ3v) is 2.43. The van der Waals surface area contributed by atoms with E-state index in [9.17, 15) is 13.2 Å². The Morgan fingerprint density at radius 1 is 1.26 bits per heavy atom. The lowest BCUT2D eigenvalue weighted by atomic mass is 10.1. The third-order valence-electron chi connectivity index (χ3n) is 2.14. The molecule has 0 spiro atoms. The van der Waals surface area contributed by atoms with E-state index in [0.717, 1.165) is 0 Å². The van der Waals surface area contributed by atoms with Crippen molar-refractivity contribution in [1.82, 2.24) is 10.1 Å². The van der Waals surface area contributed by atoms with Gasteiger partial charge in [0.2, 0.25) is 5.82 Å². The highest BCUT2D eigenvalue weighted by Crippen LogP contribution is 2.29. The summed E-state index contributed by atoms with van der Waals surface area (Å²) in [6.45, 7) is 0. The molecule has 0 bridgehead atoms. The van der Waals surface area contributed by atoms with Crippen molar-refractivity contribution in [1.29, 1.82) is 0 Å². The Labute approximate surface area is 109 Å². The predicted octanol–water partition coefficient (Wildman–Crippen LogP) is 3.13. The van der Waals surface area contributed by atoms with E-state index in [1.807, 2.05) is 0 Å².